The Bertz CT molecular complexity index is 171. The molecule has 15 heavy (non-hydrogen) atoms. The van der Waals surface area contributed by atoms with E-state index in [1.165, 1.54) is 51.9 Å². The molecular weight excluding hydrogens is 184 g/mol. The van der Waals surface area contributed by atoms with E-state index in [0.29, 0.717) is 0 Å². The van der Waals surface area contributed by atoms with Gasteiger partial charge in [-0.1, -0.05) is 19.1 Å². The molecule has 1 fully saturated rings. The van der Waals surface area contributed by atoms with Crippen molar-refractivity contribution in [2.24, 2.45) is 5.92 Å². The molecular formula is C13H26N2. The number of hydrogen-bond acceptors (Lipinski definition) is 2. The van der Waals surface area contributed by atoms with Gasteiger partial charge in [0.25, 0.3) is 0 Å². The molecule has 1 heterocycles. The summed E-state index contributed by atoms with van der Waals surface area (Å²) in [7, 11) is 2.21. The van der Waals surface area contributed by atoms with Gasteiger partial charge in [0.15, 0.2) is 0 Å². The summed E-state index contributed by atoms with van der Waals surface area (Å²) < 4.78 is 0. The summed E-state index contributed by atoms with van der Waals surface area (Å²) in [5, 5.41) is 3.40. The fourth-order valence-corrected chi connectivity index (χ4v) is 2.11. The molecule has 0 unspecified atom stereocenters. The van der Waals surface area contributed by atoms with Crippen LogP contribution in [0.25, 0.3) is 0 Å². The molecule has 0 spiro atoms. The standard InChI is InChI=1S/C13H26N2/c1-3-11-15(2)12-5-4-6-13-7-9-14-10-8-13/h4,6,13-14H,3,5,7-12H2,1-2H3. The van der Waals surface area contributed by atoms with Gasteiger partial charge in [0.1, 0.15) is 0 Å². The number of nitrogens with zero attached hydrogens (tertiary/aromatic N) is 1. The third-order valence-corrected chi connectivity index (χ3v) is 3.07. The Balaban J connectivity index is 2.04. The van der Waals surface area contributed by atoms with Gasteiger partial charge in [-0.3, -0.25) is 0 Å². The lowest BCUT2D eigenvalue weighted by Gasteiger charge is -2.19. The topological polar surface area (TPSA) is 15.3 Å². The second-order valence-electron chi connectivity index (χ2n) is 4.61. The van der Waals surface area contributed by atoms with Crippen LogP contribution in [0.4, 0.5) is 0 Å². The second kappa shape index (κ2) is 7.89. The maximum atomic E-state index is 3.40. The van der Waals surface area contributed by atoms with Crippen molar-refractivity contribution in [1.82, 2.24) is 10.2 Å². The number of allylic oxidation sites excluding steroid dienone is 1. The molecule has 0 bridgehead atoms. The van der Waals surface area contributed by atoms with Crippen molar-refractivity contribution in [3.8, 4) is 0 Å². The van der Waals surface area contributed by atoms with Crippen LogP contribution in [0.5, 0.6) is 0 Å². The minimum absolute atomic E-state index is 0.836. The summed E-state index contributed by atoms with van der Waals surface area (Å²) in [6.07, 6.45) is 9.92. The summed E-state index contributed by atoms with van der Waals surface area (Å²) in [5.41, 5.74) is 0. The second-order valence-corrected chi connectivity index (χ2v) is 4.61. The van der Waals surface area contributed by atoms with Crippen LogP contribution in [0, 0.1) is 5.92 Å². The summed E-state index contributed by atoms with van der Waals surface area (Å²) >= 11 is 0. The van der Waals surface area contributed by atoms with Crippen LogP contribution < -0.4 is 5.32 Å². The van der Waals surface area contributed by atoms with Crippen LogP contribution in [-0.4, -0.2) is 38.1 Å². The lowest BCUT2D eigenvalue weighted by Crippen LogP contribution is -2.26. The quantitative estimate of drug-likeness (QED) is 0.677. The highest BCUT2D eigenvalue weighted by Gasteiger charge is 2.08. The number of rotatable bonds is 6. The van der Waals surface area contributed by atoms with Gasteiger partial charge in [0, 0.05) is 6.54 Å². The predicted molar refractivity (Wildman–Crippen MR) is 67.1 cm³/mol. The zero-order valence-electron chi connectivity index (χ0n) is 10.3. The van der Waals surface area contributed by atoms with Crippen LogP contribution in [0.2, 0.25) is 0 Å². The van der Waals surface area contributed by atoms with E-state index in [2.05, 4.69) is 36.3 Å². The van der Waals surface area contributed by atoms with Gasteiger partial charge in [0.05, 0.1) is 0 Å². The van der Waals surface area contributed by atoms with Crippen molar-refractivity contribution in [2.45, 2.75) is 32.6 Å². The van der Waals surface area contributed by atoms with E-state index >= 15 is 0 Å². The smallest absolute Gasteiger partial charge is 0.00128 e. The molecule has 0 atom stereocenters. The highest BCUT2D eigenvalue weighted by molar-refractivity contribution is 4.91. The Hall–Kier alpha value is -0.340. The van der Waals surface area contributed by atoms with Crippen molar-refractivity contribution in [2.75, 3.05) is 33.2 Å². The summed E-state index contributed by atoms with van der Waals surface area (Å²) in [4.78, 5) is 2.41. The molecule has 1 aliphatic rings. The Kier molecular flexibility index (Phi) is 6.69. The van der Waals surface area contributed by atoms with Gasteiger partial charge < -0.3 is 10.2 Å². The van der Waals surface area contributed by atoms with Crippen molar-refractivity contribution in [3.05, 3.63) is 12.2 Å². The Morgan fingerprint density at radius 2 is 2.00 bits per heavy atom. The van der Waals surface area contributed by atoms with E-state index < -0.39 is 0 Å². The average Bonchev–Trinajstić information content (AvgIpc) is 2.26. The maximum Gasteiger partial charge on any atom is 0.00128 e. The van der Waals surface area contributed by atoms with Gasteiger partial charge in [-0.25, -0.2) is 0 Å². The molecule has 1 saturated heterocycles. The third-order valence-electron chi connectivity index (χ3n) is 3.07. The Labute approximate surface area is 94.7 Å². The van der Waals surface area contributed by atoms with Crippen molar-refractivity contribution in [3.63, 3.8) is 0 Å². The van der Waals surface area contributed by atoms with E-state index in [1.807, 2.05) is 0 Å². The first-order valence-electron chi connectivity index (χ1n) is 6.39. The molecule has 1 N–H and O–H groups in total. The molecule has 1 rings (SSSR count). The van der Waals surface area contributed by atoms with Crippen LogP contribution in [-0.2, 0) is 0 Å². The van der Waals surface area contributed by atoms with Crippen LogP contribution >= 0.6 is 0 Å². The van der Waals surface area contributed by atoms with E-state index in [4.69, 9.17) is 0 Å². The van der Waals surface area contributed by atoms with Gasteiger partial charge in [-0.05, 0) is 58.3 Å². The summed E-state index contributed by atoms with van der Waals surface area (Å²) in [6, 6.07) is 0. The maximum absolute atomic E-state index is 3.40. The van der Waals surface area contributed by atoms with Crippen molar-refractivity contribution >= 4 is 0 Å². The summed E-state index contributed by atoms with van der Waals surface area (Å²) in [6.45, 7) is 7.06. The van der Waals surface area contributed by atoms with E-state index in [9.17, 15) is 0 Å². The van der Waals surface area contributed by atoms with Gasteiger partial charge >= 0.3 is 0 Å². The number of nitrogens with one attached hydrogen (secondary N) is 1. The predicted octanol–water partition coefficient (Wildman–Crippen LogP) is 2.27. The molecule has 2 nitrogen and oxygen atoms in total. The van der Waals surface area contributed by atoms with E-state index in [1.54, 1.807) is 0 Å². The molecule has 0 aromatic rings. The van der Waals surface area contributed by atoms with Gasteiger partial charge in [-0.2, -0.15) is 0 Å². The molecule has 0 saturated carbocycles. The van der Waals surface area contributed by atoms with Crippen molar-refractivity contribution < 1.29 is 0 Å². The minimum atomic E-state index is 0.836. The monoisotopic (exact) mass is 210 g/mol. The van der Waals surface area contributed by atoms with Crippen LogP contribution in [0.15, 0.2) is 12.2 Å². The Morgan fingerprint density at radius 3 is 2.67 bits per heavy atom. The van der Waals surface area contributed by atoms with Crippen molar-refractivity contribution in [1.29, 1.82) is 0 Å². The first-order valence-corrected chi connectivity index (χ1v) is 6.39. The number of piperidine rings is 1. The van der Waals surface area contributed by atoms with Gasteiger partial charge in [-0.15, -0.1) is 0 Å². The largest absolute Gasteiger partial charge is 0.317 e. The summed E-state index contributed by atoms with van der Waals surface area (Å²) in [5.74, 6) is 0.836. The molecule has 0 amide bonds. The molecule has 1 aliphatic heterocycles. The number of hydrogen-bond donors (Lipinski definition) is 1. The highest BCUT2D eigenvalue weighted by Crippen LogP contribution is 2.12. The molecule has 0 radical (unpaired) electrons. The van der Waals surface area contributed by atoms with E-state index in [-0.39, 0.29) is 0 Å². The highest BCUT2D eigenvalue weighted by atomic mass is 15.1. The van der Waals surface area contributed by atoms with Crippen LogP contribution in [0.3, 0.4) is 0 Å². The molecule has 0 aliphatic carbocycles. The third kappa shape index (κ3) is 5.95. The lowest BCUT2D eigenvalue weighted by atomic mass is 9.97. The fourth-order valence-electron chi connectivity index (χ4n) is 2.11. The van der Waals surface area contributed by atoms with Gasteiger partial charge in [0.2, 0.25) is 0 Å². The normalized spacial score (nSPS) is 19.1. The molecule has 0 aromatic carbocycles. The molecule has 88 valence electrons. The molecule has 2 heteroatoms. The molecule has 0 aromatic heterocycles. The zero-order chi connectivity index (χ0) is 10.9. The Morgan fingerprint density at radius 1 is 1.27 bits per heavy atom. The van der Waals surface area contributed by atoms with Crippen LogP contribution in [0.1, 0.15) is 32.6 Å². The zero-order valence-corrected chi connectivity index (χ0v) is 10.3. The fraction of sp³-hybridized carbons (Fsp3) is 0.846. The minimum Gasteiger partial charge on any atom is -0.317 e. The first-order chi connectivity index (χ1) is 7.33. The first kappa shape index (κ1) is 12.7. The SMILES string of the molecule is CCCN(C)CCC=CC1CCNCC1. The average molecular weight is 210 g/mol. The lowest BCUT2D eigenvalue weighted by molar-refractivity contribution is 0.341. The van der Waals surface area contributed by atoms with E-state index in [0.717, 1.165) is 5.92 Å².